The average molecular weight is 395 g/mol. The number of amides is 1. The van der Waals surface area contributed by atoms with Crippen molar-refractivity contribution in [2.24, 2.45) is 0 Å². The topological polar surface area (TPSA) is 86.5 Å². The molecule has 7 heteroatoms. The number of anilines is 1. The standard InChI is InChI=1S/C22H25N3O4/c1-4-5-6-13-28-17-9-7-16(8-10-17)22(26)23-21-20(24-29-25-21)19-12-11-18(27-3)14-15(19)2/h7-12,14H,4-6,13H2,1-3H3,(H,23,25,26). The first-order valence-electron chi connectivity index (χ1n) is 9.64. The first kappa shape index (κ1) is 20.4. The summed E-state index contributed by atoms with van der Waals surface area (Å²) in [5.74, 6) is 1.45. The van der Waals surface area contributed by atoms with Crippen molar-refractivity contribution in [3.05, 3.63) is 53.6 Å². The Hall–Kier alpha value is -3.35. The maximum Gasteiger partial charge on any atom is 0.256 e. The zero-order valence-corrected chi connectivity index (χ0v) is 16.9. The lowest BCUT2D eigenvalue weighted by Gasteiger charge is -2.08. The Morgan fingerprint density at radius 3 is 2.52 bits per heavy atom. The van der Waals surface area contributed by atoms with Gasteiger partial charge < -0.3 is 14.8 Å². The van der Waals surface area contributed by atoms with E-state index in [2.05, 4.69) is 22.6 Å². The Morgan fingerprint density at radius 1 is 1.07 bits per heavy atom. The van der Waals surface area contributed by atoms with E-state index >= 15 is 0 Å². The molecule has 0 saturated carbocycles. The molecule has 0 fully saturated rings. The van der Waals surface area contributed by atoms with Crippen molar-refractivity contribution in [2.45, 2.75) is 33.1 Å². The molecular formula is C22H25N3O4. The van der Waals surface area contributed by atoms with Crippen LogP contribution in [-0.2, 0) is 0 Å². The third-order valence-electron chi connectivity index (χ3n) is 4.54. The molecular weight excluding hydrogens is 370 g/mol. The number of methoxy groups -OCH3 is 1. The molecule has 0 aliphatic heterocycles. The molecule has 0 atom stereocenters. The van der Waals surface area contributed by atoms with Crippen LogP contribution >= 0.6 is 0 Å². The summed E-state index contributed by atoms with van der Waals surface area (Å²) in [6.45, 7) is 4.76. The number of carbonyl (C=O) groups excluding carboxylic acids is 1. The molecule has 0 aliphatic rings. The highest BCUT2D eigenvalue weighted by atomic mass is 16.6. The molecule has 0 spiro atoms. The zero-order chi connectivity index (χ0) is 20.6. The van der Waals surface area contributed by atoms with Crippen molar-refractivity contribution in [3.8, 4) is 22.8 Å². The van der Waals surface area contributed by atoms with Crippen LogP contribution in [0.3, 0.4) is 0 Å². The van der Waals surface area contributed by atoms with Crippen molar-refractivity contribution in [3.63, 3.8) is 0 Å². The molecule has 0 aliphatic carbocycles. The number of hydrogen-bond donors (Lipinski definition) is 1. The van der Waals surface area contributed by atoms with Gasteiger partial charge >= 0.3 is 0 Å². The van der Waals surface area contributed by atoms with Gasteiger partial charge in [-0.15, -0.1) is 0 Å². The molecule has 7 nitrogen and oxygen atoms in total. The van der Waals surface area contributed by atoms with Crippen molar-refractivity contribution in [1.82, 2.24) is 10.3 Å². The lowest BCUT2D eigenvalue weighted by molar-refractivity contribution is 0.102. The summed E-state index contributed by atoms with van der Waals surface area (Å²) >= 11 is 0. The third kappa shape index (κ3) is 5.13. The molecule has 0 saturated heterocycles. The highest BCUT2D eigenvalue weighted by Crippen LogP contribution is 2.30. The van der Waals surface area contributed by atoms with E-state index < -0.39 is 0 Å². The van der Waals surface area contributed by atoms with Crippen LogP contribution in [0, 0.1) is 6.92 Å². The molecule has 152 valence electrons. The predicted octanol–water partition coefficient (Wildman–Crippen LogP) is 4.87. The maximum atomic E-state index is 12.6. The van der Waals surface area contributed by atoms with E-state index in [9.17, 15) is 4.79 Å². The second-order valence-corrected chi connectivity index (χ2v) is 6.68. The Morgan fingerprint density at radius 2 is 1.83 bits per heavy atom. The van der Waals surface area contributed by atoms with Crippen LogP contribution in [-0.4, -0.2) is 29.9 Å². The lowest BCUT2D eigenvalue weighted by atomic mass is 10.1. The van der Waals surface area contributed by atoms with E-state index in [0.29, 0.717) is 17.9 Å². The number of hydrogen-bond acceptors (Lipinski definition) is 6. The summed E-state index contributed by atoms with van der Waals surface area (Å²) in [5, 5.41) is 10.6. The summed E-state index contributed by atoms with van der Waals surface area (Å²) in [6, 6.07) is 12.6. The van der Waals surface area contributed by atoms with Crippen molar-refractivity contribution >= 4 is 11.7 Å². The smallest absolute Gasteiger partial charge is 0.256 e. The highest BCUT2D eigenvalue weighted by Gasteiger charge is 2.18. The molecule has 0 radical (unpaired) electrons. The molecule has 1 heterocycles. The summed E-state index contributed by atoms with van der Waals surface area (Å²) in [4.78, 5) is 12.6. The number of aromatic nitrogens is 2. The van der Waals surface area contributed by atoms with Gasteiger partial charge in [-0.25, -0.2) is 4.63 Å². The summed E-state index contributed by atoms with van der Waals surface area (Å²) in [6.07, 6.45) is 3.31. The second-order valence-electron chi connectivity index (χ2n) is 6.68. The van der Waals surface area contributed by atoms with Gasteiger partial charge in [-0.3, -0.25) is 4.79 Å². The monoisotopic (exact) mass is 395 g/mol. The molecule has 0 bridgehead atoms. The van der Waals surface area contributed by atoms with Crippen LogP contribution in [0.1, 0.15) is 42.1 Å². The fraction of sp³-hybridized carbons (Fsp3) is 0.318. The largest absolute Gasteiger partial charge is 0.497 e. The van der Waals surface area contributed by atoms with Crippen LogP contribution in [0.5, 0.6) is 11.5 Å². The molecule has 3 rings (SSSR count). The van der Waals surface area contributed by atoms with Crippen molar-refractivity contribution in [1.29, 1.82) is 0 Å². The summed E-state index contributed by atoms with van der Waals surface area (Å²) in [5.41, 5.74) is 2.69. The molecule has 0 unspecified atom stereocenters. The van der Waals surface area contributed by atoms with Gasteiger partial charge in [-0.2, -0.15) is 0 Å². The predicted molar refractivity (Wildman–Crippen MR) is 110 cm³/mol. The Labute approximate surface area is 170 Å². The minimum atomic E-state index is -0.300. The number of benzene rings is 2. The van der Waals surface area contributed by atoms with Crippen LogP contribution < -0.4 is 14.8 Å². The molecule has 3 aromatic rings. The van der Waals surface area contributed by atoms with E-state index in [1.54, 1.807) is 31.4 Å². The Kier molecular flexibility index (Phi) is 6.84. The van der Waals surface area contributed by atoms with Gasteiger partial charge in [0, 0.05) is 11.1 Å². The van der Waals surface area contributed by atoms with Gasteiger partial charge in [0.25, 0.3) is 5.91 Å². The normalized spacial score (nSPS) is 10.6. The number of aryl methyl sites for hydroxylation is 1. The zero-order valence-electron chi connectivity index (χ0n) is 16.9. The fourth-order valence-electron chi connectivity index (χ4n) is 2.90. The van der Waals surface area contributed by atoms with Crippen LogP contribution in [0.4, 0.5) is 5.82 Å². The van der Waals surface area contributed by atoms with E-state index in [-0.39, 0.29) is 11.7 Å². The molecule has 1 aromatic heterocycles. The van der Waals surface area contributed by atoms with E-state index in [0.717, 1.165) is 41.9 Å². The van der Waals surface area contributed by atoms with Crippen LogP contribution in [0.15, 0.2) is 47.1 Å². The van der Waals surface area contributed by atoms with Gasteiger partial charge in [0.1, 0.15) is 11.5 Å². The Bertz CT molecular complexity index is 951. The molecule has 1 amide bonds. The fourth-order valence-corrected chi connectivity index (χ4v) is 2.90. The van der Waals surface area contributed by atoms with Gasteiger partial charge in [0.2, 0.25) is 5.82 Å². The SMILES string of the molecule is CCCCCOc1ccc(C(=O)Nc2nonc2-c2ccc(OC)cc2C)cc1. The molecule has 2 aromatic carbocycles. The minimum Gasteiger partial charge on any atom is -0.497 e. The average Bonchev–Trinajstić information content (AvgIpc) is 3.19. The quantitative estimate of drug-likeness (QED) is 0.520. The molecule has 29 heavy (non-hydrogen) atoms. The number of ether oxygens (including phenoxy) is 2. The van der Waals surface area contributed by atoms with Crippen LogP contribution in [0.2, 0.25) is 0 Å². The van der Waals surface area contributed by atoms with Crippen LogP contribution in [0.25, 0.3) is 11.3 Å². The number of unbranched alkanes of at least 4 members (excludes halogenated alkanes) is 2. The van der Waals surface area contributed by atoms with Gasteiger partial charge in [0.05, 0.1) is 13.7 Å². The van der Waals surface area contributed by atoms with Gasteiger partial charge in [-0.05, 0) is 71.7 Å². The third-order valence-corrected chi connectivity index (χ3v) is 4.54. The highest BCUT2D eigenvalue weighted by molar-refractivity contribution is 6.05. The Balaban J connectivity index is 1.68. The van der Waals surface area contributed by atoms with Gasteiger partial charge in [0.15, 0.2) is 5.69 Å². The first-order chi connectivity index (χ1) is 14.1. The van der Waals surface area contributed by atoms with E-state index in [1.165, 1.54) is 0 Å². The summed E-state index contributed by atoms with van der Waals surface area (Å²) < 4.78 is 15.8. The van der Waals surface area contributed by atoms with Crippen molar-refractivity contribution < 1.29 is 18.9 Å². The van der Waals surface area contributed by atoms with E-state index in [1.807, 2.05) is 25.1 Å². The lowest BCUT2D eigenvalue weighted by Crippen LogP contribution is -2.13. The minimum absolute atomic E-state index is 0.267. The van der Waals surface area contributed by atoms with Crippen molar-refractivity contribution in [2.75, 3.05) is 19.0 Å². The molecule has 1 N–H and O–H groups in total. The first-order valence-corrected chi connectivity index (χ1v) is 9.64. The summed E-state index contributed by atoms with van der Waals surface area (Å²) in [7, 11) is 1.61. The second kappa shape index (κ2) is 9.73. The number of rotatable bonds is 9. The maximum absolute atomic E-state index is 12.6. The number of carbonyl (C=O) groups is 1. The number of nitrogens with zero attached hydrogens (tertiary/aromatic N) is 2. The van der Waals surface area contributed by atoms with Gasteiger partial charge in [-0.1, -0.05) is 19.8 Å². The van der Waals surface area contributed by atoms with E-state index in [4.69, 9.17) is 14.1 Å². The number of nitrogens with one attached hydrogen (secondary N) is 1.